The Labute approximate surface area is 118 Å². The van der Waals surface area contributed by atoms with Crippen LogP contribution in [0.3, 0.4) is 0 Å². The topological polar surface area (TPSA) is 68.8 Å². The summed E-state index contributed by atoms with van der Waals surface area (Å²) in [5.74, 6) is 1.60. The molecule has 18 heavy (non-hydrogen) atoms. The maximum absolute atomic E-state index is 5.93. The van der Waals surface area contributed by atoms with Crippen LogP contribution in [-0.2, 0) is 13.1 Å². The molecule has 5 nitrogen and oxygen atoms in total. The highest BCUT2D eigenvalue weighted by Gasteiger charge is 2.18. The van der Waals surface area contributed by atoms with Crippen molar-refractivity contribution in [2.75, 3.05) is 12.3 Å². The van der Waals surface area contributed by atoms with E-state index in [-0.39, 0.29) is 24.8 Å². The molecular weight excluding hydrogens is 273 g/mol. The fourth-order valence-corrected chi connectivity index (χ4v) is 2.31. The molecule has 1 aliphatic heterocycles. The molecule has 0 bridgehead atoms. The fraction of sp³-hybridized carbons (Fsp3) is 0.455. The summed E-state index contributed by atoms with van der Waals surface area (Å²) in [5, 5.41) is 3.31. The molecular formula is C11H17Cl2N5. The first-order valence-corrected chi connectivity index (χ1v) is 5.51. The second-order valence-electron chi connectivity index (χ2n) is 4.26. The molecule has 0 atom stereocenters. The molecule has 3 heterocycles. The van der Waals surface area contributed by atoms with E-state index in [0.717, 1.165) is 42.2 Å². The summed E-state index contributed by atoms with van der Waals surface area (Å²) in [6.07, 6.45) is 0. The fourth-order valence-electron chi connectivity index (χ4n) is 2.31. The van der Waals surface area contributed by atoms with Crippen molar-refractivity contribution in [1.82, 2.24) is 19.9 Å². The van der Waals surface area contributed by atoms with Gasteiger partial charge in [0, 0.05) is 18.8 Å². The van der Waals surface area contributed by atoms with Crippen LogP contribution in [0.2, 0.25) is 0 Å². The number of rotatable bonds is 0. The number of fused-ring (bicyclic) bond motifs is 3. The van der Waals surface area contributed by atoms with Crippen molar-refractivity contribution in [2.45, 2.75) is 26.9 Å². The molecule has 2 aromatic rings. The minimum atomic E-state index is 0. The normalized spacial score (nSPS) is 13.7. The number of aromatic nitrogens is 3. The van der Waals surface area contributed by atoms with Crippen molar-refractivity contribution in [3.8, 4) is 0 Å². The van der Waals surface area contributed by atoms with Gasteiger partial charge in [-0.05, 0) is 19.4 Å². The zero-order valence-corrected chi connectivity index (χ0v) is 12.0. The maximum atomic E-state index is 5.93. The van der Waals surface area contributed by atoms with Gasteiger partial charge in [-0.15, -0.1) is 24.8 Å². The largest absolute Gasteiger partial charge is 0.382 e. The monoisotopic (exact) mass is 289 g/mol. The number of nitrogens with two attached hydrogens (primary N) is 1. The van der Waals surface area contributed by atoms with E-state index in [2.05, 4.69) is 26.8 Å². The lowest BCUT2D eigenvalue weighted by Gasteiger charge is -2.16. The van der Waals surface area contributed by atoms with Gasteiger partial charge < -0.3 is 15.6 Å². The average molecular weight is 290 g/mol. The summed E-state index contributed by atoms with van der Waals surface area (Å²) in [6, 6.07) is 0. The number of nitrogens with one attached hydrogen (secondary N) is 1. The number of pyridine rings is 1. The lowest BCUT2D eigenvalue weighted by Crippen LogP contribution is -2.28. The van der Waals surface area contributed by atoms with E-state index in [1.807, 2.05) is 6.92 Å². The molecule has 100 valence electrons. The van der Waals surface area contributed by atoms with E-state index < -0.39 is 0 Å². The number of anilines is 1. The lowest BCUT2D eigenvalue weighted by atomic mass is 10.2. The molecule has 0 saturated carbocycles. The second-order valence-corrected chi connectivity index (χ2v) is 4.26. The van der Waals surface area contributed by atoms with Gasteiger partial charge in [0.2, 0.25) is 0 Å². The van der Waals surface area contributed by atoms with E-state index in [1.165, 1.54) is 5.56 Å². The first-order chi connectivity index (χ1) is 7.68. The minimum absolute atomic E-state index is 0. The maximum Gasteiger partial charge on any atom is 0.151 e. The van der Waals surface area contributed by atoms with Gasteiger partial charge in [0.15, 0.2) is 5.82 Å². The quantitative estimate of drug-likeness (QED) is 0.773. The first-order valence-electron chi connectivity index (χ1n) is 5.51. The minimum Gasteiger partial charge on any atom is -0.382 e. The molecule has 0 amide bonds. The molecule has 0 unspecified atom stereocenters. The van der Waals surface area contributed by atoms with E-state index in [4.69, 9.17) is 5.73 Å². The Morgan fingerprint density at radius 1 is 1.22 bits per heavy atom. The molecule has 0 radical (unpaired) electrons. The summed E-state index contributed by atoms with van der Waals surface area (Å²) in [4.78, 5) is 8.89. The van der Waals surface area contributed by atoms with Crippen LogP contribution in [-0.4, -0.2) is 21.1 Å². The van der Waals surface area contributed by atoms with Gasteiger partial charge in [0.05, 0.1) is 12.1 Å². The SMILES string of the molecule is Cc1nc(N)c2nc3n(c2c1C)CCNC3.Cl.Cl. The molecule has 3 rings (SSSR count). The van der Waals surface area contributed by atoms with E-state index >= 15 is 0 Å². The summed E-state index contributed by atoms with van der Waals surface area (Å²) in [5.41, 5.74) is 10.1. The third-order valence-corrected chi connectivity index (χ3v) is 3.27. The lowest BCUT2D eigenvalue weighted by molar-refractivity contribution is 0.514. The van der Waals surface area contributed by atoms with Crippen molar-refractivity contribution in [1.29, 1.82) is 0 Å². The number of imidazole rings is 1. The summed E-state index contributed by atoms with van der Waals surface area (Å²) >= 11 is 0. The number of hydrogen-bond donors (Lipinski definition) is 2. The molecule has 0 aromatic carbocycles. The van der Waals surface area contributed by atoms with Crippen molar-refractivity contribution < 1.29 is 0 Å². The highest BCUT2D eigenvalue weighted by Crippen LogP contribution is 2.26. The van der Waals surface area contributed by atoms with E-state index in [9.17, 15) is 0 Å². The third-order valence-electron chi connectivity index (χ3n) is 3.27. The zero-order valence-electron chi connectivity index (χ0n) is 10.4. The summed E-state index contributed by atoms with van der Waals surface area (Å²) < 4.78 is 2.26. The third kappa shape index (κ3) is 2.02. The van der Waals surface area contributed by atoms with Gasteiger partial charge >= 0.3 is 0 Å². The Balaban J connectivity index is 0.000000810. The van der Waals surface area contributed by atoms with Crippen LogP contribution in [0.15, 0.2) is 0 Å². The Morgan fingerprint density at radius 2 is 1.94 bits per heavy atom. The van der Waals surface area contributed by atoms with Gasteiger partial charge in [-0.2, -0.15) is 0 Å². The van der Waals surface area contributed by atoms with Crippen molar-refractivity contribution >= 4 is 41.7 Å². The number of aryl methyl sites for hydroxylation is 2. The van der Waals surface area contributed by atoms with E-state index in [0.29, 0.717) is 5.82 Å². The summed E-state index contributed by atoms with van der Waals surface area (Å²) in [6.45, 7) is 6.83. The van der Waals surface area contributed by atoms with Crippen LogP contribution < -0.4 is 11.1 Å². The molecule has 2 aromatic heterocycles. The molecule has 7 heteroatoms. The first kappa shape index (κ1) is 15.0. The van der Waals surface area contributed by atoms with Crippen molar-refractivity contribution in [2.24, 2.45) is 0 Å². The van der Waals surface area contributed by atoms with Crippen LogP contribution in [0.4, 0.5) is 5.82 Å². The Hall–Kier alpha value is -1.04. The molecule has 1 aliphatic rings. The Morgan fingerprint density at radius 3 is 2.67 bits per heavy atom. The molecule has 0 fully saturated rings. The Kier molecular flexibility index (Phi) is 4.42. The average Bonchev–Trinajstić information content (AvgIpc) is 2.66. The van der Waals surface area contributed by atoms with Gasteiger partial charge in [-0.25, -0.2) is 9.97 Å². The predicted molar refractivity (Wildman–Crippen MR) is 77.6 cm³/mol. The van der Waals surface area contributed by atoms with Gasteiger partial charge in [-0.3, -0.25) is 0 Å². The van der Waals surface area contributed by atoms with Crippen LogP contribution in [0.25, 0.3) is 11.0 Å². The van der Waals surface area contributed by atoms with Crippen LogP contribution in [0, 0.1) is 13.8 Å². The number of nitrogen functional groups attached to an aromatic ring is 1. The molecule has 3 N–H and O–H groups in total. The highest BCUT2D eigenvalue weighted by molar-refractivity contribution is 5.88. The van der Waals surface area contributed by atoms with Crippen molar-refractivity contribution in [3.05, 3.63) is 17.1 Å². The number of halogens is 2. The van der Waals surface area contributed by atoms with Crippen LogP contribution in [0.5, 0.6) is 0 Å². The zero-order chi connectivity index (χ0) is 11.3. The smallest absolute Gasteiger partial charge is 0.151 e. The standard InChI is InChI=1S/C11H15N5.2ClH/c1-6-7(2)14-11(12)9-10(6)16-4-3-13-5-8(16)15-9;;/h13H,3-5H2,1-2H3,(H2,12,14);2*1H. The second kappa shape index (κ2) is 5.30. The predicted octanol–water partition coefficient (Wildman–Crippen LogP) is 1.58. The van der Waals surface area contributed by atoms with E-state index in [1.54, 1.807) is 0 Å². The number of nitrogens with zero attached hydrogens (tertiary/aromatic N) is 3. The summed E-state index contributed by atoms with van der Waals surface area (Å²) in [7, 11) is 0. The highest BCUT2D eigenvalue weighted by atomic mass is 35.5. The van der Waals surface area contributed by atoms with Crippen LogP contribution >= 0.6 is 24.8 Å². The van der Waals surface area contributed by atoms with Crippen molar-refractivity contribution in [3.63, 3.8) is 0 Å². The number of hydrogen-bond acceptors (Lipinski definition) is 4. The molecule has 0 saturated heterocycles. The molecule has 0 spiro atoms. The molecule has 0 aliphatic carbocycles. The van der Waals surface area contributed by atoms with Gasteiger partial charge in [-0.1, -0.05) is 0 Å². The Bertz CT molecular complexity index is 579. The van der Waals surface area contributed by atoms with Gasteiger partial charge in [0.1, 0.15) is 11.3 Å². The van der Waals surface area contributed by atoms with Gasteiger partial charge in [0.25, 0.3) is 0 Å². The van der Waals surface area contributed by atoms with Crippen LogP contribution in [0.1, 0.15) is 17.1 Å².